The van der Waals surface area contributed by atoms with Crippen LogP contribution in [0.4, 0.5) is 4.79 Å². The first-order valence-corrected chi connectivity index (χ1v) is 4.85. The summed E-state index contributed by atoms with van der Waals surface area (Å²) in [7, 11) is 1.62. The van der Waals surface area contributed by atoms with Gasteiger partial charge in [0.2, 0.25) is 0 Å². The van der Waals surface area contributed by atoms with Crippen molar-refractivity contribution in [1.29, 1.82) is 0 Å². The molecule has 1 aromatic rings. The zero-order valence-electron chi connectivity index (χ0n) is 9.28. The first-order chi connectivity index (χ1) is 6.97. The minimum absolute atomic E-state index is 0.439. The number of carbonyl (C=O) groups excluding carboxylic acids is 1. The summed E-state index contributed by atoms with van der Waals surface area (Å²) < 4.78 is 5.08. The SMILES string of the molecule is CC(C)(C)OC(=O)N[B]c1ccccc1. The molecule has 1 rings (SSSR count). The van der Waals surface area contributed by atoms with Crippen LogP contribution < -0.4 is 10.7 Å². The third-order valence-electron chi connectivity index (χ3n) is 1.56. The third-order valence-corrected chi connectivity index (χ3v) is 1.56. The highest BCUT2D eigenvalue weighted by molar-refractivity contribution is 6.53. The van der Waals surface area contributed by atoms with E-state index in [0.29, 0.717) is 0 Å². The molecule has 0 aliphatic heterocycles. The molecule has 3 nitrogen and oxygen atoms in total. The summed E-state index contributed by atoms with van der Waals surface area (Å²) >= 11 is 0. The second-order valence-corrected chi connectivity index (χ2v) is 4.20. The normalized spacial score (nSPS) is 10.6. The third kappa shape index (κ3) is 5.10. The Morgan fingerprint density at radius 2 is 1.87 bits per heavy atom. The Balaban J connectivity index is 2.35. The molecule has 1 amide bonds. The molecule has 0 unspecified atom stereocenters. The molecule has 0 saturated heterocycles. The number of rotatable bonds is 2. The van der Waals surface area contributed by atoms with Crippen molar-refractivity contribution in [2.75, 3.05) is 0 Å². The largest absolute Gasteiger partial charge is 0.445 e. The maximum absolute atomic E-state index is 11.3. The summed E-state index contributed by atoms with van der Waals surface area (Å²) in [5.41, 5.74) is 0.470. The second kappa shape index (κ2) is 4.87. The van der Waals surface area contributed by atoms with Gasteiger partial charge in [-0.15, -0.1) is 0 Å². The number of amides is 1. The van der Waals surface area contributed by atoms with E-state index >= 15 is 0 Å². The lowest BCUT2D eigenvalue weighted by molar-refractivity contribution is 0.0569. The molecule has 0 aromatic heterocycles. The van der Waals surface area contributed by atoms with Crippen LogP contribution in [-0.2, 0) is 4.74 Å². The molecule has 0 aliphatic carbocycles. The van der Waals surface area contributed by atoms with E-state index in [1.54, 1.807) is 7.41 Å². The van der Waals surface area contributed by atoms with E-state index in [1.807, 2.05) is 51.1 Å². The van der Waals surface area contributed by atoms with Gasteiger partial charge in [0.1, 0.15) is 5.60 Å². The van der Waals surface area contributed by atoms with Gasteiger partial charge in [-0.25, -0.2) is 4.79 Å². The van der Waals surface area contributed by atoms with Crippen LogP contribution in [0.5, 0.6) is 0 Å². The molecule has 0 aliphatic rings. The van der Waals surface area contributed by atoms with E-state index in [1.165, 1.54) is 0 Å². The Bertz CT molecular complexity index is 319. The molecule has 0 heterocycles. The van der Waals surface area contributed by atoms with Crippen molar-refractivity contribution in [2.45, 2.75) is 26.4 Å². The van der Waals surface area contributed by atoms with E-state index in [9.17, 15) is 4.79 Å². The van der Waals surface area contributed by atoms with Gasteiger partial charge in [-0.3, -0.25) is 0 Å². The molecule has 0 saturated carbocycles. The molecule has 4 heteroatoms. The van der Waals surface area contributed by atoms with Crippen molar-refractivity contribution >= 4 is 19.0 Å². The van der Waals surface area contributed by atoms with E-state index in [0.717, 1.165) is 5.46 Å². The van der Waals surface area contributed by atoms with E-state index in [-0.39, 0.29) is 0 Å². The number of carbonyl (C=O) groups is 1. The molecule has 0 spiro atoms. The Morgan fingerprint density at radius 1 is 1.27 bits per heavy atom. The average Bonchev–Trinajstić information content (AvgIpc) is 2.14. The first-order valence-electron chi connectivity index (χ1n) is 4.85. The van der Waals surface area contributed by atoms with Crippen LogP contribution in [-0.4, -0.2) is 19.1 Å². The van der Waals surface area contributed by atoms with Crippen LogP contribution >= 0.6 is 0 Å². The molecule has 15 heavy (non-hydrogen) atoms. The number of nitrogens with one attached hydrogen (secondary N) is 1. The molecule has 1 N–H and O–H groups in total. The summed E-state index contributed by atoms with van der Waals surface area (Å²) in [6, 6.07) is 9.53. The van der Waals surface area contributed by atoms with Gasteiger partial charge in [-0.2, -0.15) is 0 Å². The molecular formula is C11H15BNO2. The minimum atomic E-state index is -0.464. The van der Waals surface area contributed by atoms with Crippen molar-refractivity contribution in [1.82, 2.24) is 5.23 Å². The summed E-state index contributed by atoms with van der Waals surface area (Å²) in [5.74, 6) is 0. The summed E-state index contributed by atoms with van der Waals surface area (Å²) in [5, 5.41) is 2.57. The van der Waals surface area contributed by atoms with Gasteiger partial charge >= 0.3 is 6.09 Å². The summed E-state index contributed by atoms with van der Waals surface area (Å²) in [4.78, 5) is 11.3. The molecule has 79 valence electrons. The lowest BCUT2D eigenvalue weighted by Crippen LogP contribution is -2.39. The second-order valence-electron chi connectivity index (χ2n) is 4.20. The van der Waals surface area contributed by atoms with Gasteiger partial charge in [0.15, 0.2) is 0 Å². The van der Waals surface area contributed by atoms with Crippen molar-refractivity contribution in [2.24, 2.45) is 0 Å². The fraction of sp³-hybridized carbons (Fsp3) is 0.364. The highest BCUT2D eigenvalue weighted by atomic mass is 16.6. The van der Waals surface area contributed by atoms with Gasteiger partial charge in [-0.05, 0) is 20.8 Å². The van der Waals surface area contributed by atoms with Gasteiger partial charge in [0.25, 0.3) is 7.41 Å². The monoisotopic (exact) mass is 204 g/mol. The molecule has 0 fully saturated rings. The first kappa shape index (κ1) is 11.6. The lowest BCUT2D eigenvalue weighted by Gasteiger charge is -2.19. The summed E-state index contributed by atoms with van der Waals surface area (Å²) in [6.07, 6.45) is -0.439. The van der Waals surface area contributed by atoms with E-state index in [4.69, 9.17) is 4.74 Å². The zero-order valence-corrected chi connectivity index (χ0v) is 9.28. The maximum Gasteiger partial charge on any atom is 0.395 e. The van der Waals surface area contributed by atoms with Crippen LogP contribution in [0.2, 0.25) is 0 Å². The molecule has 1 radical (unpaired) electrons. The van der Waals surface area contributed by atoms with Crippen molar-refractivity contribution in [3.8, 4) is 0 Å². The average molecular weight is 204 g/mol. The van der Waals surface area contributed by atoms with Crippen LogP contribution in [0.25, 0.3) is 0 Å². The fourth-order valence-electron chi connectivity index (χ4n) is 0.999. The highest BCUT2D eigenvalue weighted by Crippen LogP contribution is 2.05. The molecular weight excluding hydrogens is 189 g/mol. The van der Waals surface area contributed by atoms with Crippen LogP contribution in [0.3, 0.4) is 0 Å². The van der Waals surface area contributed by atoms with E-state index in [2.05, 4.69) is 5.23 Å². The Morgan fingerprint density at radius 3 is 2.40 bits per heavy atom. The Kier molecular flexibility index (Phi) is 3.77. The number of benzene rings is 1. The molecule has 0 atom stereocenters. The molecule has 1 aromatic carbocycles. The number of hydrogen-bond acceptors (Lipinski definition) is 2. The number of hydrogen-bond donors (Lipinski definition) is 1. The predicted molar refractivity (Wildman–Crippen MR) is 61.2 cm³/mol. The maximum atomic E-state index is 11.3. The van der Waals surface area contributed by atoms with Gasteiger partial charge < -0.3 is 9.96 Å². The zero-order chi connectivity index (χ0) is 11.3. The lowest BCUT2D eigenvalue weighted by atomic mass is 9.83. The smallest absolute Gasteiger partial charge is 0.395 e. The molecule has 0 bridgehead atoms. The minimum Gasteiger partial charge on any atom is -0.445 e. The van der Waals surface area contributed by atoms with Crippen LogP contribution in [0.15, 0.2) is 30.3 Å². The topological polar surface area (TPSA) is 38.3 Å². The van der Waals surface area contributed by atoms with Crippen LogP contribution in [0, 0.1) is 0 Å². The van der Waals surface area contributed by atoms with Crippen molar-refractivity contribution < 1.29 is 9.53 Å². The Hall–Kier alpha value is -1.45. The van der Waals surface area contributed by atoms with Gasteiger partial charge in [0.05, 0.1) is 0 Å². The standard InChI is InChI=1S/C11H15BNO2/c1-11(2,3)15-10(14)13-12-9-7-5-4-6-8-9/h4-8H,1-3H3,(H,13,14). The van der Waals surface area contributed by atoms with Crippen LogP contribution in [0.1, 0.15) is 20.8 Å². The number of ether oxygens (including phenoxy) is 1. The van der Waals surface area contributed by atoms with Crippen molar-refractivity contribution in [3.63, 3.8) is 0 Å². The predicted octanol–water partition coefficient (Wildman–Crippen LogP) is 1.46. The quantitative estimate of drug-likeness (QED) is 0.740. The Labute approximate surface area is 91.1 Å². The van der Waals surface area contributed by atoms with Gasteiger partial charge in [-0.1, -0.05) is 35.8 Å². The van der Waals surface area contributed by atoms with Gasteiger partial charge in [0, 0.05) is 0 Å². The van der Waals surface area contributed by atoms with Crippen molar-refractivity contribution in [3.05, 3.63) is 30.3 Å². The highest BCUT2D eigenvalue weighted by Gasteiger charge is 2.15. The summed E-state index contributed by atoms with van der Waals surface area (Å²) in [6.45, 7) is 5.49. The fourth-order valence-corrected chi connectivity index (χ4v) is 0.999. The van der Waals surface area contributed by atoms with E-state index < -0.39 is 11.7 Å².